The van der Waals surface area contributed by atoms with E-state index in [1.807, 2.05) is 0 Å². The molecule has 1 aromatic carbocycles. The van der Waals surface area contributed by atoms with Crippen molar-refractivity contribution in [2.45, 2.75) is 42.7 Å². The van der Waals surface area contributed by atoms with E-state index < -0.39 is 28.1 Å². The third-order valence-corrected chi connectivity index (χ3v) is 4.99. The van der Waals surface area contributed by atoms with Crippen LogP contribution in [0.3, 0.4) is 0 Å². The number of carboxylic acid groups (broad SMARTS) is 1. The quantitative estimate of drug-likeness (QED) is 0.768. The van der Waals surface area contributed by atoms with Gasteiger partial charge in [-0.1, -0.05) is 25.0 Å². The maximum absolute atomic E-state index is 12.3. The first-order valence-electron chi connectivity index (χ1n) is 6.44. The molecule has 0 bridgehead atoms. The van der Waals surface area contributed by atoms with Crippen molar-refractivity contribution in [2.24, 2.45) is 0 Å². The number of hydrogen-bond donors (Lipinski definition) is 3. The number of hydrogen-bond acceptors (Lipinski definition) is 4. The summed E-state index contributed by atoms with van der Waals surface area (Å²) in [5.74, 6) is -1.30. The molecule has 110 valence electrons. The summed E-state index contributed by atoms with van der Waals surface area (Å²) in [6.07, 6.45) is 2.08. The molecule has 7 heteroatoms. The average molecular weight is 299 g/mol. The molecule has 0 unspecified atom stereocenters. The highest BCUT2D eigenvalue weighted by Crippen LogP contribution is 2.22. The minimum Gasteiger partial charge on any atom is -0.478 e. The molecular weight excluding hydrogens is 282 g/mol. The molecule has 1 fully saturated rings. The average Bonchev–Trinajstić information content (AvgIpc) is 2.41. The van der Waals surface area contributed by atoms with Crippen LogP contribution in [0.5, 0.6) is 0 Å². The van der Waals surface area contributed by atoms with Crippen LogP contribution in [-0.4, -0.2) is 36.7 Å². The minimum absolute atomic E-state index is 0.273. The van der Waals surface area contributed by atoms with E-state index in [1.165, 1.54) is 24.3 Å². The molecule has 0 aliphatic heterocycles. The van der Waals surface area contributed by atoms with Crippen LogP contribution in [0, 0.1) is 0 Å². The fourth-order valence-corrected chi connectivity index (χ4v) is 3.89. The zero-order chi connectivity index (χ0) is 14.8. The summed E-state index contributed by atoms with van der Waals surface area (Å²) in [7, 11) is -3.96. The first-order valence-corrected chi connectivity index (χ1v) is 7.93. The lowest BCUT2D eigenvalue weighted by Crippen LogP contribution is -2.45. The summed E-state index contributed by atoms with van der Waals surface area (Å²) in [5.41, 5.74) is -0.273. The molecule has 6 nitrogen and oxygen atoms in total. The van der Waals surface area contributed by atoms with Crippen molar-refractivity contribution < 1.29 is 23.4 Å². The topological polar surface area (TPSA) is 104 Å². The Kier molecular flexibility index (Phi) is 4.42. The van der Waals surface area contributed by atoms with Crippen LogP contribution in [0.15, 0.2) is 29.2 Å². The zero-order valence-corrected chi connectivity index (χ0v) is 11.6. The van der Waals surface area contributed by atoms with Gasteiger partial charge in [0.15, 0.2) is 0 Å². The molecule has 1 saturated carbocycles. The molecule has 0 amide bonds. The van der Waals surface area contributed by atoms with Gasteiger partial charge in [-0.05, 0) is 25.0 Å². The maximum atomic E-state index is 12.3. The normalized spacial score (nSPS) is 23.4. The number of aliphatic hydroxyl groups is 1. The minimum atomic E-state index is -3.96. The van der Waals surface area contributed by atoms with Gasteiger partial charge in [-0.25, -0.2) is 17.9 Å². The van der Waals surface area contributed by atoms with Crippen LogP contribution in [0.4, 0.5) is 0 Å². The van der Waals surface area contributed by atoms with Gasteiger partial charge in [0.2, 0.25) is 10.0 Å². The molecule has 1 aliphatic carbocycles. The van der Waals surface area contributed by atoms with E-state index in [0.717, 1.165) is 12.8 Å². The van der Waals surface area contributed by atoms with Gasteiger partial charge in [-0.15, -0.1) is 0 Å². The molecule has 2 atom stereocenters. The van der Waals surface area contributed by atoms with Crippen molar-refractivity contribution in [3.63, 3.8) is 0 Å². The van der Waals surface area contributed by atoms with Crippen molar-refractivity contribution >= 4 is 16.0 Å². The summed E-state index contributed by atoms with van der Waals surface area (Å²) in [6.45, 7) is 0. The second kappa shape index (κ2) is 5.90. The number of aromatic carboxylic acids is 1. The van der Waals surface area contributed by atoms with Gasteiger partial charge in [0, 0.05) is 6.04 Å². The monoisotopic (exact) mass is 299 g/mol. The van der Waals surface area contributed by atoms with E-state index in [1.54, 1.807) is 0 Å². The van der Waals surface area contributed by atoms with E-state index in [9.17, 15) is 18.3 Å². The summed E-state index contributed by atoms with van der Waals surface area (Å²) in [6, 6.07) is 4.88. The third kappa shape index (κ3) is 3.17. The fourth-order valence-electron chi connectivity index (χ4n) is 2.39. The van der Waals surface area contributed by atoms with E-state index in [4.69, 9.17) is 5.11 Å². The van der Waals surface area contributed by atoms with Crippen LogP contribution in [0.2, 0.25) is 0 Å². The lowest BCUT2D eigenvalue weighted by Gasteiger charge is -2.28. The number of carboxylic acids is 1. The number of sulfonamides is 1. The summed E-state index contributed by atoms with van der Waals surface area (Å²) < 4.78 is 27.0. The molecule has 0 saturated heterocycles. The highest BCUT2D eigenvalue weighted by molar-refractivity contribution is 7.89. The standard InChI is InChI=1S/C13H17NO5S/c15-11-7-3-2-6-10(11)14-20(18,19)12-8-4-1-5-9(12)13(16)17/h1,4-5,8,10-11,14-15H,2-3,6-7H2,(H,16,17)/t10-,11-/m0/s1. The predicted octanol–water partition coefficient (Wildman–Crippen LogP) is 0.967. The molecule has 20 heavy (non-hydrogen) atoms. The van der Waals surface area contributed by atoms with E-state index in [-0.39, 0.29) is 10.5 Å². The van der Waals surface area contributed by atoms with Crippen LogP contribution in [0.1, 0.15) is 36.0 Å². The summed E-state index contributed by atoms with van der Waals surface area (Å²) >= 11 is 0. The Morgan fingerprint density at radius 1 is 1.20 bits per heavy atom. The smallest absolute Gasteiger partial charge is 0.337 e. The molecule has 0 heterocycles. The number of aliphatic hydroxyl groups excluding tert-OH is 1. The molecular formula is C13H17NO5S. The molecule has 2 rings (SSSR count). The SMILES string of the molecule is O=C(O)c1ccccc1S(=O)(=O)N[C@H]1CCCC[C@@H]1O. The largest absolute Gasteiger partial charge is 0.478 e. The van der Waals surface area contributed by atoms with Crippen LogP contribution >= 0.6 is 0 Å². The van der Waals surface area contributed by atoms with Crippen molar-refractivity contribution in [3.8, 4) is 0 Å². The second-order valence-corrected chi connectivity index (χ2v) is 6.56. The van der Waals surface area contributed by atoms with Gasteiger partial charge in [0.05, 0.1) is 16.6 Å². The molecule has 0 radical (unpaired) electrons. The van der Waals surface area contributed by atoms with Crippen molar-refractivity contribution in [1.82, 2.24) is 4.72 Å². The highest BCUT2D eigenvalue weighted by atomic mass is 32.2. The lowest BCUT2D eigenvalue weighted by atomic mass is 9.93. The first-order chi connectivity index (χ1) is 9.42. The Morgan fingerprint density at radius 3 is 2.50 bits per heavy atom. The van der Waals surface area contributed by atoms with Crippen molar-refractivity contribution in [2.75, 3.05) is 0 Å². The van der Waals surface area contributed by atoms with Crippen LogP contribution < -0.4 is 4.72 Å². The van der Waals surface area contributed by atoms with Gasteiger partial charge >= 0.3 is 5.97 Å². The lowest BCUT2D eigenvalue weighted by molar-refractivity contribution is 0.0692. The van der Waals surface area contributed by atoms with Crippen LogP contribution in [-0.2, 0) is 10.0 Å². The summed E-state index contributed by atoms with van der Waals surface area (Å²) in [4.78, 5) is 10.8. The number of rotatable bonds is 4. The molecule has 3 N–H and O–H groups in total. The Hall–Kier alpha value is -1.44. The van der Waals surface area contributed by atoms with Gasteiger partial charge in [0.25, 0.3) is 0 Å². The van der Waals surface area contributed by atoms with Gasteiger partial charge in [-0.3, -0.25) is 0 Å². The van der Waals surface area contributed by atoms with Gasteiger partial charge in [-0.2, -0.15) is 0 Å². The van der Waals surface area contributed by atoms with Gasteiger partial charge < -0.3 is 10.2 Å². The van der Waals surface area contributed by atoms with E-state index >= 15 is 0 Å². The van der Waals surface area contributed by atoms with Crippen LogP contribution in [0.25, 0.3) is 0 Å². The number of nitrogens with one attached hydrogen (secondary N) is 1. The first kappa shape index (κ1) is 15.0. The zero-order valence-electron chi connectivity index (χ0n) is 10.8. The predicted molar refractivity (Wildman–Crippen MR) is 72.0 cm³/mol. The van der Waals surface area contributed by atoms with E-state index in [0.29, 0.717) is 12.8 Å². The van der Waals surface area contributed by atoms with Crippen molar-refractivity contribution in [1.29, 1.82) is 0 Å². The summed E-state index contributed by atoms with van der Waals surface area (Å²) in [5, 5.41) is 18.9. The molecule has 1 aromatic rings. The van der Waals surface area contributed by atoms with Gasteiger partial charge in [0.1, 0.15) is 0 Å². The number of benzene rings is 1. The second-order valence-electron chi connectivity index (χ2n) is 4.88. The maximum Gasteiger partial charge on any atom is 0.337 e. The third-order valence-electron chi connectivity index (χ3n) is 3.44. The molecule has 1 aliphatic rings. The molecule has 0 spiro atoms. The number of carbonyl (C=O) groups is 1. The van der Waals surface area contributed by atoms with Crippen molar-refractivity contribution in [3.05, 3.63) is 29.8 Å². The Bertz CT molecular complexity index is 599. The Labute approximate surface area is 117 Å². The highest BCUT2D eigenvalue weighted by Gasteiger charge is 2.30. The fraction of sp³-hybridized carbons (Fsp3) is 0.462. The Morgan fingerprint density at radius 2 is 1.85 bits per heavy atom. The van der Waals surface area contributed by atoms with E-state index in [2.05, 4.69) is 4.72 Å². The Balaban J connectivity index is 2.29. The molecule has 0 aromatic heterocycles.